The van der Waals surface area contributed by atoms with Crippen LogP contribution in [-0.4, -0.2) is 39.8 Å². The van der Waals surface area contributed by atoms with E-state index in [4.69, 9.17) is 5.73 Å². The molecule has 0 spiro atoms. The molecule has 0 fully saturated rings. The zero-order valence-corrected chi connectivity index (χ0v) is 17.6. The van der Waals surface area contributed by atoms with Gasteiger partial charge in [0.2, 0.25) is 5.91 Å². The number of H-pyrrole nitrogens is 1. The number of hydrogen-bond donors (Lipinski definition) is 4. The number of benzene rings is 1. The van der Waals surface area contributed by atoms with Crippen LogP contribution >= 0.6 is 11.8 Å². The molecule has 2 aromatic rings. The topological polar surface area (TPSA) is 108 Å². The first kappa shape index (κ1) is 22.3. The Morgan fingerprint density at radius 2 is 2.04 bits per heavy atom. The van der Waals surface area contributed by atoms with Crippen molar-refractivity contribution in [2.75, 3.05) is 6.54 Å². The van der Waals surface area contributed by atoms with Gasteiger partial charge in [-0.2, -0.15) is 0 Å². The first-order chi connectivity index (χ1) is 13.3. The molecule has 0 saturated heterocycles. The van der Waals surface area contributed by atoms with E-state index in [9.17, 15) is 14.7 Å². The first-order valence-electron chi connectivity index (χ1n) is 9.80. The lowest BCUT2D eigenvalue weighted by molar-refractivity contribution is -0.142. The highest BCUT2D eigenvalue weighted by Gasteiger charge is 2.27. The molecule has 2 rings (SSSR count). The summed E-state index contributed by atoms with van der Waals surface area (Å²) in [5, 5.41) is 13.0. The normalized spacial score (nSPS) is 13.6. The van der Waals surface area contributed by atoms with E-state index in [0.29, 0.717) is 31.7 Å². The van der Waals surface area contributed by atoms with Gasteiger partial charge in [0.25, 0.3) is 0 Å². The zero-order valence-electron chi connectivity index (χ0n) is 16.8. The number of amides is 1. The van der Waals surface area contributed by atoms with Crippen LogP contribution in [0.3, 0.4) is 0 Å². The molecule has 1 heterocycles. The summed E-state index contributed by atoms with van der Waals surface area (Å²) in [5.74, 6) is -0.904. The molecule has 0 aliphatic carbocycles. The van der Waals surface area contributed by atoms with Gasteiger partial charge in [-0.25, -0.2) is 4.79 Å². The minimum absolute atomic E-state index is 0.221. The SMILES string of the molecule is Cc1cccc2[nH]cc(S[C@H](CC(C)C)C(=O)N[C@@H](CCCCN)C(=O)O)c12. The second-order valence-corrected chi connectivity index (χ2v) is 8.81. The number of carbonyl (C=O) groups is 2. The van der Waals surface area contributed by atoms with E-state index < -0.39 is 12.0 Å². The Kier molecular flexibility index (Phi) is 8.38. The molecule has 6 nitrogen and oxygen atoms in total. The van der Waals surface area contributed by atoms with Crippen molar-refractivity contribution in [1.29, 1.82) is 0 Å². The third-order valence-corrected chi connectivity index (χ3v) is 5.95. The van der Waals surface area contributed by atoms with Crippen molar-refractivity contribution in [2.24, 2.45) is 11.7 Å². The van der Waals surface area contributed by atoms with E-state index >= 15 is 0 Å². The number of thioether (sulfide) groups is 1. The Morgan fingerprint density at radius 1 is 1.29 bits per heavy atom. The Morgan fingerprint density at radius 3 is 2.68 bits per heavy atom. The Balaban J connectivity index is 2.17. The first-order valence-corrected chi connectivity index (χ1v) is 10.7. The van der Waals surface area contributed by atoms with Crippen LogP contribution in [0.25, 0.3) is 10.9 Å². The highest BCUT2D eigenvalue weighted by Crippen LogP contribution is 2.35. The second-order valence-electron chi connectivity index (χ2n) is 7.57. The molecule has 2 atom stereocenters. The van der Waals surface area contributed by atoms with Crippen molar-refractivity contribution in [3.63, 3.8) is 0 Å². The smallest absolute Gasteiger partial charge is 0.326 e. The van der Waals surface area contributed by atoms with Crippen molar-refractivity contribution in [2.45, 2.75) is 62.6 Å². The average Bonchev–Trinajstić information content (AvgIpc) is 3.04. The van der Waals surface area contributed by atoms with Crippen LogP contribution in [0.2, 0.25) is 0 Å². The van der Waals surface area contributed by atoms with E-state index in [0.717, 1.165) is 27.8 Å². The molecular weight excluding hydrogens is 374 g/mol. The molecule has 0 radical (unpaired) electrons. The number of rotatable bonds is 11. The molecule has 28 heavy (non-hydrogen) atoms. The zero-order chi connectivity index (χ0) is 20.7. The Bertz CT molecular complexity index is 803. The number of aromatic amines is 1. The summed E-state index contributed by atoms with van der Waals surface area (Å²) in [6, 6.07) is 5.19. The predicted molar refractivity (Wildman–Crippen MR) is 115 cm³/mol. The lowest BCUT2D eigenvalue weighted by Crippen LogP contribution is -2.45. The number of aromatic nitrogens is 1. The molecule has 1 aromatic heterocycles. The number of carbonyl (C=O) groups excluding carboxylic acids is 1. The monoisotopic (exact) mass is 405 g/mol. The third kappa shape index (κ3) is 6.01. The van der Waals surface area contributed by atoms with Crippen molar-refractivity contribution in [3.05, 3.63) is 30.0 Å². The maximum absolute atomic E-state index is 12.9. The van der Waals surface area contributed by atoms with Gasteiger partial charge >= 0.3 is 5.97 Å². The highest BCUT2D eigenvalue weighted by atomic mass is 32.2. The third-order valence-electron chi connectivity index (χ3n) is 4.69. The van der Waals surface area contributed by atoms with Gasteiger partial charge < -0.3 is 21.1 Å². The fourth-order valence-electron chi connectivity index (χ4n) is 3.23. The number of hydrogen-bond acceptors (Lipinski definition) is 4. The standard InChI is InChI=1S/C21H31N3O3S/c1-13(2)11-17(20(25)24-16(21(26)27)8-4-5-10-22)28-18-12-23-15-9-6-7-14(3)19(15)18/h6-7,9,12-13,16-17,23H,4-5,8,10-11,22H2,1-3H3,(H,24,25)(H,26,27)/t16-,17+/m0/s1. The predicted octanol–water partition coefficient (Wildman–Crippen LogP) is 3.68. The van der Waals surface area contributed by atoms with Gasteiger partial charge in [0.15, 0.2) is 0 Å². The minimum atomic E-state index is -0.999. The van der Waals surface area contributed by atoms with E-state index in [1.165, 1.54) is 11.8 Å². The molecule has 154 valence electrons. The number of carboxylic acid groups (broad SMARTS) is 1. The number of nitrogens with two attached hydrogens (primary N) is 1. The highest BCUT2D eigenvalue weighted by molar-refractivity contribution is 8.00. The number of unbranched alkanes of at least 4 members (excludes halogenated alkanes) is 1. The summed E-state index contributed by atoms with van der Waals surface area (Å²) >= 11 is 1.50. The number of nitrogens with one attached hydrogen (secondary N) is 2. The summed E-state index contributed by atoms with van der Waals surface area (Å²) < 4.78 is 0. The fraction of sp³-hybridized carbons (Fsp3) is 0.524. The molecule has 0 aliphatic heterocycles. The van der Waals surface area contributed by atoms with Crippen molar-refractivity contribution in [3.8, 4) is 0 Å². The molecule has 7 heteroatoms. The van der Waals surface area contributed by atoms with Crippen LogP contribution in [0.1, 0.15) is 45.1 Å². The van der Waals surface area contributed by atoms with Crippen LogP contribution in [-0.2, 0) is 9.59 Å². The minimum Gasteiger partial charge on any atom is -0.480 e. The lowest BCUT2D eigenvalue weighted by atomic mass is 10.1. The Hall–Kier alpha value is -1.99. The lowest BCUT2D eigenvalue weighted by Gasteiger charge is -2.21. The largest absolute Gasteiger partial charge is 0.480 e. The summed E-state index contributed by atoms with van der Waals surface area (Å²) in [7, 11) is 0. The molecule has 1 aromatic carbocycles. The van der Waals surface area contributed by atoms with E-state index in [-0.39, 0.29) is 11.2 Å². The van der Waals surface area contributed by atoms with Crippen LogP contribution < -0.4 is 11.1 Å². The second kappa shape index (κ2) is 10.5. The molecule has 0 unspecified atom stereocenters. The van der Waals surface area contributed by atoms with Crippen LogP contribution in [0.15, 0.2) is 29.3 Å². The van der Waals surface area contributed by atoms with Gasteiger partial charge in [-0.05, 0) is 56.7 Å². The van der Waals surface area contributed by atoms with Crippen molar-refractivity contribution >= 4 is 34.5 Å². The summed E-state index contributed by atoms with van der Waals surface area (Å²) in [5.41, 5.74) is 7.67. The molecule has 0 saturated carbocycles. The summed E-state index contributed by atoms with van der Waals surface area (Å²) in [4.78, 5) is 28.8. The van der Waals surface area contributed by atoms with Gasteiger partial charge in [-0.3, -0.25) is 4.79 Å². The number of carboxylic acids is 1. The average molecular weight is 406 g/mol. The summed E-state index contributed by atoms with van der Waals surface area (Å²) in [6.07, 6.45) is 4.42. The number of aliphatic carboxylic acids is 1. The van der Waals surface area contributed by atoms with Gasteiger partial charge in [0.1, 0.15) is 6.04 Å². The van der Waals surface area contributed by atoms with Crippen molar-refractivity contribution in [1.82, 2.24) is 10.3 Å². The van der Waals surface area contributed by atoms with Crippen LogP contribution in [0.5, 0.6) is 0 Å². The maximum Gasteiger partial charge on any atom is 0.326 e. The number of fused-ring (bicyclic) bond motifs is 1. The maximum atomic E-state index is 12.9. The molecule has 1 amide bonds. The van der Waals surface area contributed by atoms with Gasteiger partial charge in [-0.1, -0.05) is 26.0 Å². The fourth-order valence-corrected chi connectivity index (χ4v) is 4.71. The molecule has 0 aliphatic rings. The quantitative estimate of drug-likeness (QED) is 0.337. The van der Waals surface area contributed by atoms with Gasteiger partial charge in [0, 0.05) is 22.0 Å². The molecular formula is C21H31N3O3S. The van der Waals surface area contributed by atoms with Crippen LogP contribution in [0, 0.1) is 12.8 Å². The number of aryl methyl sites for hydroxylation is 1. The van der Waals surface area contributed by atoms with Crippen molar-refractivity contribution < 1.29 is 14.7 Å². The van der Waals surface area contributed by atoms with Gasteiger partial charge in [0.05, 0.1) is 5.25 Å². The van der Waals surface area contributed by atoms with E-state index in [1.54, 1.807) is 0 Å². The van der Waals surface area contributed by atoms with E-state index in [1.807, 2.05) is 18.3 Å². The summed E-state index contributed by atoms with van der Waals surface area (Å²) in [6.45, 7) is 6.70. The van der Waals surface area contributed by atoms with Crippen LogP contribution in [0.4, 0.5) is 0 Å². The Labute approximate surface area is 170 Å². The van der Waals surface area contributed by atoms with Gasteiger partial charge in [-0.15, -0.1) is 11.8 Å². The molecule has 0 bridgehead atoms. The van der Waals surface area contributed by atoms with E-state index in [2.05, 4.69) is 37.1 Å². The molecule has 5 N–H and O–H groups in total.